The van der Waals surface area contributed by atoms with Crippen molar-refractivity contribution in [3.05, 3.63) is 101 Å². The van der Waals surface area contributed by atoms with Crippen LogP contribution in [0.2, 0.25) is 0 Å². The maximum atomic E-state index is 13.4. The monoisotopic (exact) mass is 391 g/mol. The van der Waals surface area contributed by atoms with Gasteiger partial charge in [0.15, 0.2) is 0 Å². The van der Waals surface area contributed by atoms with E-state index in [-0.39, 0.29) is 24.3 Å². The quantitative estimate of drug-likeness (QED) is 0.646. The average Bonchev–Trinajstić information content (AvgIpc) is 2.71. The van der Waals surface area contributed by atoms with Gasteiger partial charge < -0.3 is 11.1 Å². The molecule has 3 N–H and O–H groups in total. The molecule has 3 aromatic rings. The molecule has 0 fully saturated rings. The minimum absolute atomic E-state index is 0.120. The van der Waals surface area contributed by atoms with Gasteiger partial charge in [-0.25, -0.2) is 4.39 Å². The first-order chi connectivity index (χ1) is 13.9. The highest BCUT2D eigenvalue weighted by Crippen LogP contribution is 2.27. The Bertz CT molecular complexity index is 973. The lowest BCUT2D eigenvalue weighted by Gasteiger charge is -2.28. The zero-order valence-electron chi connectivity index (χ0n) is 16.0. The summed E-state index contributed by atoms with van der Waals surface area (Å²) >= 11 is 0. The maximum Gasteiger partial charge on any atom is 0.248 e. The molecular formula is C23H22FN3O2. The number of halogens is 1. The number of rotatable bonds is 7. The first-order valence-electron chi connectivity index (χ1n) is 9.14. The molecule has 0 aromatic heterocycles. The smallest absolute Gasteiger partial charge is 0.248 e. The van der Waals surface area contributed by atoms with Gasteiger partial charge in [-0.2, -0.15) is 0 Å². The van der Waals surface area contributed by atoms with Crippen LogP contribution in [0.15, 0.2) is 78.9 Å². The molecule has 0 saturated carbocycles. The molecule has 1 atom stereocenters. The Morgan fingerprint density at radius 3 is 2.10 bits per heavy atom. The van der Waals surface area contributed by atoms with Crippen molar-refractivity contribution in [2.75, 3.05) is 18.9 Å². The molecule has 0 spiro atoms. The topological polar surface area (TPSA) is 75.4 Å². The van der Waals surface area contributed by atoms with Crippen molar-refractivity contribution in [3.63, 3.8) is 0 Å². The molecular weight excluding hydrogens is 369 g/mol. The van der Waals surface area contributed by atoms with Crippen molar-refractivity contribution in [2.45, 2.75) is 6.04 Å². The molecule has 0 aliphatic rings. The van der Waals surface area contributed by atoms with Crippen molar-refractivity contribution in [1.82, 2.24) is 4.90 Å². The van der Waals surface area contributed by atoms with E-state index < -0.39 is 5.91 Å². The van der Waals surface area contributed by atoms with Crippen LogP contribution in [0, 0.1) is 5.82 Å². The average molecular weight is 391 g/mol. The second-order valence-corrected chi connectivity index (χ2v) is 6.77. The summed E-state index contributed by atoms with van der Waals surface area (Å²) in [6, 6.07) is 22.2. The van der Waals surface area contributed by atoms with Gasteiger partial charge in [-0.1, -0.05) is 42.5 Å². The van der Waals surface area contributed by atoms with Crippen LogP contribution in [0.1, 0.15) is 27.5 Å². The summed E-state index contributed by atoms with van der Waals surface area (Å²) in [6.45, 7) is 0.120. The minimum atomic E-state index is -0.521. The summed E-state index contributed by atoms with van der Waals surface area (Å²) in [6.07, 6.45) is 0. The van der Waals surface area contributed by atoms with E-state index in [1.54, 1.807) is 36.4 Å². The van der Waals surface area contributed by atoms with Gasteiger partial charge in [0.2, 0.25) is 11.8 Å². The van der Waals surface area contributed by atoms with Gasteiger partial charge in [0, 0.05) is 11.3 Å². The van der Waals surface area contributed by atoms with Crippen LogP contribution in [-0.4, -0.2) is 30.3 Å². The molecule has 0 radical (unpaired) electrons. The lowest BCUT2D eigenvalue weighted by Crippen LogP contribution is -2.34. The lowest BCUT2D eigenvalue weighted by atomic mass is 9.97. The lowest BCUT2D eigenvalue weighted by molar-refractivity contribution is -0.117. The highest BCUT2D eigenvalue weighted by molar-refractivity contribution is 5.95. The number of benzene rings is 3. The largest absolute Gasteiger partial charge is 0.366 e. The molecule has 3 rings (SSSR count). The molecule has 5 nitrogen and oxygen atoms in total. The predicted octanol–water partition coefficient (Wildman–Crippen LogP) is 3.58. The summed E-state index contributed by atoms with van der Waals surface area (Å²) in [4.78, 5) is 25.6. The van der Waals surface area contributed by atoms with Crippen LogP contribution >= 0.6 is 0 Å². The molecule has 0 aliphatic heterocycles. The van der Waals surface area contributed by atoms with Gasteiger partial charge >= 0.3 is 0 Å². The zero-order valence-corrected chi connectivity index (χ0v) is 16.0. The minimum Gasteiger partial charge on any atom is -0.366 e. The van der Waals surface area contributed by atoms with E-state index in [2.05, 4.69) is 5.32 Å². The summed E-state index contributed by atoms with van der Waals surface area (Å²) in [5, 5.41) is 2.81. The number of carbonyl (C=O) groups excluding carboxylic acids is 2. The molecule has 6 heteroatoms. The number of anilines is 1. The molecule has 148 valence electrons. The van der Waals surface area contributed by atoms with Crippen LogP contribution in [0.3, 0.4) is 0 Å². The molecule has 2 amide bonds. The maximum absolute atomic E-state index is 13.4. The van der Waals surface area contributed by atoms with Crippen LogP contribution < -0.4 is 11.1 Å². The Kier molecular flexibility index (Phi) is 6.36. The fraction of sp³-hybridized carbons (Fsp3) is 0.130. The molecule has 0 bridgehead atoms. The summed E-state index contributed by atoms with van der Waals surface area (Å²) in [5.41, 5.74) is 8.07. The van der Waals surface area contributed by atoms with E-state index in [0.717, 1.165) is 11.1 Å². The predicted molar refractivity (Wildman–Crippen MR) is 111 cm³/mol. The second-order valence-electron chi connectivity index (χ2n) is 6.77. The number of nitrogens with two attached hydrogens (primary N) is 1. The number of hydrogen-bond donors (Lipinski definition) is 2. The summed E-state index contributed by atoms with van der Waals surface area (Å²) < 4.78 is 13.4. The van der Waals surface area contributed by atoms with Crippen molar-refractivity contribution in [2.24, 2.45) is 5.73 Å². The van der Waals surface area contributed by atoms with E-state index in [1.165, 1.54) is 12.1 Å². The third-order valence-electron chi connectivity index (χ3n) is 4.59. The highest BCUT2D eigenvalue weighted by Gasteiger charge is 2.21. The third kappa shape index (κ3) is 5.27. The number of nitrogens with one attached hydrogen (secondary N) is 1. The van der Waals surface area contributed by atoms with Crippen molar-refractivity contribution >= 4 is 17.5 Å². The zero-order chi connectivity index (χ0) is 20.8. The Labute approximate surface area is 169 Å². The standard InChI is InChI=1S/C23H22FN3O2/c1-27(15-21(28)26-20-13-9-18(10-14-20)23(25)29)22(16-5-3-2-4-6-16)17-7-11-19(24)12-8-17/h2-14,22H,15H2,1H3,(H2,25,29)(H,26,28). The normalized spacial score (nSPS) is 11.8. The van der Waals surface area contributed by atoms with E-state index in [9.17, 15) is 14.0 Å². The van der Waals surface area contributed by atoms with E-state index in [1.807, 2.05) is 42.3 Å². The third-order valence-corrected chi connectivity index (χ3v) is 4.59. The van der Waals surface area contributed by atoms with Gasteiger partial charge in [-0.05, 0) is 54.6 Å². The number of nitrogens with zero attached hydrogens (tertiary/aromatic N) is 1. The van der Waals surface area contributed by atoms with Crippen molar-refractivity contribution in [1.29, 1.82) is 0 Å². The van der Waals surface area contributed by atoms with E-state index in [4.69, 9.17) is 5.73 Å². The summed E-state index contributed by atoms with van der Waals surface area (Å²) in [7, 11) is 1.84. The number of likely N-dealkylation sites (N-methyl/N-ethyl adjacent to an activating group) is 1. The Hall–Kier alpha value is -3.51. The van der Waals surface area contributed by atoms with Crippen LogP contribution in [-0.2, 0) is 4.79 Å². The first-order valence-corrected chi connectivity index (χ1v) is 9.14. The Balaban J connectivity index is 1.75. The first kappa shape index (κ1) is 20.2. The molecule has 0 heterocycles. The van der Waals surface area contributed by atoms with Crippen LogP contribution in [0.5, 0.6) is 0 Å². The summed E-state index contributed by atoms with van der Waals surface area (Å²) in [5.74, 6) is -1.03. The van der Waals surface area contributed by atoms with Gasteiger partial charge in [0.05, 0.1) is 12.6 Å². The second kappa shape index (κ2) is 9.12. The Morgan fingerprint density at radius 2 is 1.52 bits per heavy atom. The van der Waals surface area contributed by atoms with Gasteiger partial charge in [0.1, 0.15) is 5.82 Å². The number of carbonyl (C=O) groups is 2. The number of amides is 2. The molecule has 29 heavy (non-hydrogen) atoms. The number of primary amides is 1. The molecule has 3 aromatic carbocycles. The fourth-order valence-corrected chi connectivity index (χ4v) is 3.22. The van der Waals surface area contributed by atoms with E-state index in [0.29, 0.717) is 11.3 Å². The van der Waals surface area contributed by atoms with Gasteiger partial charge in [-0.3, -0.25) is 14.5 Å². The van der Waals surface area contributed by atoms with Gasteiger partial charge in [0.25, 0.3) is 0 Å². The van der Waals surface area contributed by atoms with E-state index >= 15 is 0 Å². The Morgan fingerprint density at radius 1 is 0.931 bits per heavy atom. The highest BCUT2D eigenvalue weighted by atomic mass is 19.1. The molecule has 0 saturated heterocycles. The van der Waals surface area contributed by atoms with Crippen LogP contribution in [0.25, 0.3) is 0 Å². The van der Waals surface area contributed by atoms with Gasteiger partial charge in [-0.15, -0.1) is 0 Å². The molecule has 1 unspecified atom stereocenters. The van der Waals surface area contributed by atoms with Crippen LogP contribution in [0.4, 0.5) is 10.1 Å². The van der Waals surface area contributed by atoms with Crippen molar-refractivity contribution in [3.8, 4) is 0 Å². The SMILES string of the molecule is CN(CC(=O)Nc1ccc(C(N)=O)cc1)C(c1ccccc1)c1ccc(F)cc1. The fourth-order valence-electron chi connectivity index (χ4n) is 3.22. The van der Waals surface area contributed by atoms with Crippen molar-refractivity contribution < 1.29 is 14.0 Å². The number of hydrogen-bond acceptors (Lipinski definition) is 3. The molecule has 0 aliphatic carbocycles.